The summed E-state index contributed by atoms with van der Waals surface area (Å²) in [4.78, 5) is 0. The molecule has 0 aromatic heterocycles. The Bertz CT molecular complexity index is 279. The lowest BCUT2D eigenvalue weighted by atomic mass is 10.2. The van der Waals surface area contributed by atoms with Crippen molar-refractivity contribution in [3.63, 3.8) is 0 Å². The van der Waals surface area contributed by atoms with Crippen LogP contribution in [0.2, 0.25) is 0 Å². The summed E-state index contributed by atoms with van der Waals surface area (Å²) >= 11 is 0. The van der Waals surface area contributed by atoms with Crippen LogP contribution in [0.4, 0.5) is 11.4 Å². The maximum absolute atomic E-state index is 5.73. The van der Waals surface area contributed by atoms with Gasteiger partial charge in [-0.1, -0.05) is 12.1 Å². The van der Waals surface area contributed by atoms with Gasteiger partial charge in [0.15, 0.2) is 0 Å². The lowest BCUT2D eigenvalue weighted by molar-refractivity contribution is 1.33. The number of nitrogens with two attached hydrogens (primary N) is 1. The van der Waals surface area contributed by atoms with E-state index in [1.165, 1.54) is 0 Å². The van der Waals surface area contributed by atoms with Gasteiger partial charge in [0, 0.05) is 17.9 Å². The van der Waals surface area contributed by atoms with Gasteiger partial charge in [0.05, 0.1) is 0 Å². The Morgan fingerprint density at radius 2 is 2.33 bits per heavy atom. The molecule has 0 unspecified atom stereocenters. The molecule has 0 spiro atoms. The van der Waals surface area contributed by atoms with Gasteiger partial charge in [-0.2, -0.15) is 0 Å². The van der Waals surface area contributed by atoms with Crippen LogP contribution < -0.4 is 11.1 Å². The fraction of sp³-hybridized carbons (Fsp3) is 0.200. The molecule has 0 saturated carbocycles. The van der Waals surface area contributed by atoms with Crippen molar-refractivity contribution in [2.24, 2.45) is 0 Å². The molecule has 1 aromatic rings. The molecule has 0 aliphatic carbocycles. The third kappa shape index (κ3) is 2.02. The number of hydrogen-bond acceptors (Lipinski definition) is 2. The largest absolute Gasteiger partial charge is 0.398 e. The average Bonchev–Trinajstić information content (AvgIpc) is 2.07. The minimum Gasteiger partial charge on any atom is -0.398 e. The highest BCUT2D eigenvalue weighted by Crippen LogP contribution is 2.16. The molecule has 1 aromatic carbocycles. The van der Waals surface area contributed by atoms with Gasteiger partial charge in [-0.3, -0.25) is 0 Å². The summed E-state index contributed by atoms with van der Waals surface area (Å²) < 4.78 is 0. The molecule has 0 radical (unpaired) electrons. The van der Waals surface area contributed by atoms with E-state index in [2.05, 4.69) is 11.9 Å². The molecule has 0 amide bonds. The van der Waals surface area contributed by atoms with Gasteiger partial charge < -0.3 is 11.1 Å². The summed E-state index contributed by atoms with van der Waals surface area (Å²) in [6, 6.07) is 5.94. The van der Waals surface area contributed by atoms with Crippen LogP contribution in [0.3, 0.4) is 0 Å². The van der Waals surface area contributed by atoms with Gasteiger partial charge in [0.25, 0.3) is 0 Å². The molecule has 64 valence electrons. The van der Waals surface area contributed by atoms with Crippen molar-refractivity contribution in [2.75, 3.05) is 17.6 Å². The number of benzene rings is 1. The Labute approximate surface area is 73.1 Å². The van der Waals surface area contributed by atoms with Crippen molar-refractivity contribution in [3.8, 4) is 0 Å². The molecule has 0 bridgehead atoms. The molecule has 3 N–H and O–H groups in total. The Morgan fingerprint density at radius 1 is 1.58 bits per heavy atom. The predicted octanol–water partition coefficient (Wildman–Crippen LogP) is 2.18. The third-order valence-electron chi connectivity index (χ3n) is 1.73. The fourth-order valence-corrected chi connectivity index (χ4v) is 0.940. The average molecular weight is 162 g/mol. The van der Waals surface area contributed by atoms with Crippen molar-refractivity contribution in [2.45, 2.75) is 6.92 Å². The molecule has 2 nitrogen and oxygen atoms in total. The van der Waals surface area contributed by atoms with E-state index in [4.69, 9.17) is 5.73 Å². The first kappa shape index (κ1) is 8.65. The molecule has 0 saturated heterocycles. The summed E-state index contributed by atoms with van der Waals surface area (Å²) in [5, 5.41) is 3.16. The lowest BCUT2D eigenvalue weighted by Gasteiger charge is -2.05. The smallest absolute Gasteiger partial charge is 0.0364 e. The molecular weight excluding hydrogens is 148 g/mol. The lowest BCUT2D eigenvalue weighted by Crippen LogP contribution is -1.99. The van der Waals surface area contributed by atoms with Crippen LogP contribution in [0, 0.1) is 6.92 Å². The van der Waals surface area contributed by atoms with Crippen LogP contribution in [0.25, 0.3) is 0 Å². The Hall–Kier alpha value is -1.44. The quantitative estimate of drug-likeness (QED) is 0.528. The molecule has 0 aliphatic heterocycles. The maximum atomic E-state index is 5.73. The first-order valence-electron chi connectivity index (χ1n) is 3.95. The summed E-state index contributed by atoms with van der Waals surface area (Å²) in [5.41, 5.74) is 8.70. The zero-order valence-corrected chi connectivity index (χ0v) is 7.30. The number of nitrogens with one attached hydrogen (secondary N) is 1. The maximum Gasteiger partial charge on any atom is 0.0364 e. The van der Waals surface area contributed by atoms with E-state index in [1.54, 1.807) is 0 Å². The number of anilines is 2. The van der Waals surface area contributed by atoms with E-state index in [1.807, 2.05) is 31.2 Å². The Kier molecular flexibility index (Phi) is 2.75. The van der Waals surface area contributed by atoms with Gasteiger partial charge in [0.1, 0.15) is 0 Å². The van der Waals surface area contributed by atoms with Crippen LogP contribution in [0.5, 0.6) is 0 Å². The van der Waals surface area contributed by atoms with Crippen molar-refractivity contribution >= 4 is 11.4 Å². The normalized spacial score (nSPS) is 9.42. The second kappa shape index (κ2) is 3.81. The van der Waals surface area contributed by atoms with Gasteiger partial charge in [-0.25, -0.2) is 0 Å². The van der Waals surface area contributed by atoms with Crippen molar-refractivity contribution in [3.05, 3.63) is 36.4 Å². The second-order valence-corrected chi connectivity index (χ2v) is 2.74. The second-order valence-electron chi connectivity index (χ2n) is 2.74. The molecular formula is C10H14N2. The van der Waals surface area contributed by atoms with Crippen LogP contribution in [0.1, 0.15) is 5.56 Å². The summed E-state index contributed by atoms with van der Waals surface area (Å²) in [5.74, 6) is 0. The zero-order chi connectivity index (χ0) is 8.97. The molecule has 12 heavy (non-hydrogen) atoms. The highest BCUT2D eigenvalue weighted by Gasteiger charge is 1.94. The summed E-state index contributed by atoms with van der Waals surface area (Å²) in [6.07, 6.45) is 1.82. The van der Waals surface area contributed by atoms with E-state index < -0.39 is 0 Å². The summed E-state index contributed by atoms with van der Waals surface area (Å²) in [7, 11) is 0. The van der Waals surface area contributed by atoms with Gasteiger partial charge in [0.2, 0.25) is 0 Å². The van der Waals surface area contributed by atoms with E-state index in [-0.39, 0.29) is 0 Å². The van der Waals surface area contributed by atoms with E-state index in [0.717, 1.165) is 23.5 Å². The standard InChI is InChI=1S/C10H14N2/c1-3-6-12-9-5-4-8(2)10(11)7-9/h3-5,7,12H,1,6,11H2,2H3. The highest BCUT2D eigenvalue weighted by atomic mass is 14.9. The molecule has 0 heterocycles. The Morgan fingerprint density at radius 3 is 2.92 bits per heavy atom. The monoisotopic (exact) mass is 162 g/mol. The number of rotatable bonds is 3. The third-order valence-corrected chi connectivity index (χ3v) is 1.73. The predicted molar refractivity (Wildman–Crippen MR) is 54.3 cm³/mol. The van der Waals surface area contributed by atoms with Gasteiger partial charge in [-0.15, -0.1) is 6.58 Å². The van der Waals surface area contributed by atoms with Crippen molar-refractivity contribution in [1.82, 2.24) is 0 Å². The van der Waals surface area contributed by atoms with E-state index in [9.17, 15) is 0 Å². The van der Waals surface area contributed by atoms with Crippen molar-refractivity contribution in [1.29, 1.82) is 0 Å². The van der Waals surface area contributed by atoms with Crippen LogP contribution in [-0.2, 0) is 0 Å². The summed E-state index contributed by atoms with van der Waals surface area (Å²) in [6.45, 7) is 6.38. The highest BCUT2D eigenvalue weighted by molar-refractivity contribution is 5.58. The minimum atomic E-state index is 0.766. The zero-order valence-electron chi connectivity index (χ0n) is 7.30. The minimum absolute atomic E-state index is 0.766. The van der Waals surface area contributed by atoms with Crippen molar-refractivity contribution < 1.29 is 0 Å². The van der Waals surface area contributed by atoms with Crippen LogP contribution in [0.15, 0.2) is 30.9 Å². The van der Waals surface area contributed by atoms with Crippen LogP contribution >= 0.6 is 0 Å². The topological polar surface area (TPSA) is 38.0 Å². The van der Waals surface area contributed by atoms with Gasteiger partial charge >= 0.3 is 0 Å². The SMILES string of the molecule is C=CCNc1ccc(C)c(N)c1. The first-order valence-corrected chi connectivity index (χ1v) is 3.95. The fourth-order valence-electron chi connectivity index (χ4n) is 0.940. The van der Waals surface area contributed by atoms with E-state index >= 15 is 0 Å². The Balaban J connectivity index is 2.75. The molecule has 0 fully saturated rings. The number of nitrogen functional groups attached to an aromatic ring is 1. The molecule has 0 atom stereocenters. The number of aryl methyl sites for hydroxylation is 1. The number of hydrogen-bond donors (Lipinski definition) is 2. The molecule has 2 heteroatoms. The van der Waals surface area contributed by atoms with Gasteiger partial charge in [-0.05, 0) is 24.6 Å². The molecule has 0 aliphatic rings. The molecule has 1 rings (SSSR count). The van der Waals surface area contributed by atoms with E-state index in [0.29, 0.717) is 0 Å². The first-order chi connectivity index (χ1) is 5.74. The van der Waals surface area contributed by atoms with Crippen LogP contribution in [-0.4, -0.2) is 6.54 Å².